The molecule has 0 saturated heterocycles. The van der Waals surface area contributed by atoms with Crippen molar-refractivity contribution in [2.24, 2.45) is 16.7 Å². The molecule has 1 fully saturated rings. The molecule has 0 amide bonds. The largest absolute Gasteiger partial charge is 0.458 e. The first-order chi connectivity index (χ1) is 15.5. The van der Waals surface area contributed by atoms with Crippen LogP contribution in [0.25, 0.3) is 0 Å². The lowest BCUT2D eigenvalue weighted by molar-refractivity contribution is -0.251. The van der Waals surface area contributed by atoms with Gasteiger partial charge in [-0.25, -0.2) is 9.59 Å². The Balaban J connectivity index is 1.82. The highest BCUT2D eigenvalue weighted by Gasteiger charge is 2.68. The first-order valence-electron chi connectivity index (χ1n) is 11.3. The number of allylic oxidation sites excluding steroid dienone is 1. The van der Waals surface area contributed by atoms with Gasteiger partial charge in [-0.15, -0.1) is 0 Å². The second kappa shape index (κ2) is 8.22. The molecule has 1 saturated carbocycles. The minimum Gasteiger partial charge on any atom is -0.458 e. The normalized spacial score (nSPS) is 38.4. The molecule has 2 heterocycles. The van der Waals surface area contributed by atoms with Gasteiger partial charge in [-0.2, -0.15) is 0 Å². The highest BCUT2D eigenvalue weighted by Crippen LogP contribution is 2.63. The minimum absolute atomic E-state index is 0.144. The number of ether oxygens (including phenoxy) is 2. The zero-order chi connectivity index (χ0) is 24.0. The summed E-state index contributed by atoms with van der Waals surface area (Å²) < 4.78 is 11.1. The van der Waals surface area contributed by atoms with Crippen molar-refractivity contribution >= 4 is 11.9 Å². The Labute approximate surface area is 193 Å². The summed E-state index contributed by atoms with van der Waals surface area (Å²) in [5, 5.41) is 22.9. The molecule has 176 valence electrons. The summed E-state index contributed by atoms with van der Waals surface area (Å²) >= 11 is 0. The molecule has 1 aromatic heterocycles. The summed E-state index contributed by atoms with van der Waals surface area (Å²) in [5.74, 6) is -1.16. The van der Waals surface area contributed by atoms with Gasteiger partial charge in [0.05, 0.1) is 11.7 Å². The summed E-state index contributed by atoms with van der Waals surface area (Å²) in [5.41, 5.74) is -1.08. The Kier molecular flexibility index (Phi) is 5.83. The van der Waals surface area contributed by atoms with Gasteiger partial charge in [0.2, 0.25) is 0 Å². The first-order valence-corrected chi connectivity index (χ1v) is 11.3. The summed E-state index contributed by atoms with van der Waals surface area (Å²) in [4.78, 5) is 28.6. The molecule has 0 aromatic carbocycles. The molecule has 2 N–H and O–H groups in total. The van der Waals surface area contributed by atoms with Gasteiger partial charge in [-0.3, -0.25) is 4.98 Å². The number of pyridine rings is 1. The van der Waals surface area contributed by atoms with E-state index in [1.54, 1.807) is 31.3 Å². The number of carbonyl (C=O) groups excluding carboxylic acids is 2. The number of hydrogen-bond donors (Lipinski definition) is 2. The lowest BCUT2D eigenvalue weighted by Crippen LogP contribution is -2.72. The summed E-state index contributed by atoms with van der Waals surface area (Å²) in [6.07, 6.45) is 9.29. The average Bonchev–Trinajstić information content (AvgIpc) is 3.23. The number of cyclic esters (lactones) is 1. The molecule has 4 rings (SSSR count). The average molecular weight is 454 g/mol. The smallest absolute Gasteiger partial charge is 0.340 e. The van der Waals surface area contributed by atoms with Crippen LogP contribution in [0.3, 0.4) is 0 Å². The van der Waals surface area contributed by atoms with Crippen LogP contribution in [-0.4, -0.2) is 51.6 Å². The fourth-order valence-corrected chi connectivity index (χ4v) is 5.87. The maximum Gasteiger partial charge on any atom is 0.340 e. The number of aromatic nitrogens is 1. The van der Waals surface area contributed by atoms with Gasteiger partial charge in [0.1, 0.15) is 18.3 Å². The van der Waals surface area contributed by atoms with E-state index in [0.717, 1.165) is 18.4 Å². The SMILES string of the molecule is CC1=CCC[C@H]2[C@@]1(C)[C@@H](O)[C@H](O)[C@](C)(OC(=O)c1cccnc1)[C@]2(C)/C=C/C1=CC(=O)OC1. The second-order valence-corrected chi connectivity index (χ2v) is 9.87. The third-order valence-corrected chi connectivity index (χ3v) is 8.28. The zero-order valence-corrected chi connectivity index (χ0v) is 19.4. The van der Waals surface area contributed by atoms with Gasteiger partial charge in [-0.1, -0.05) is 37.6 Å². The van der Waals surface area contributed by atoms with Gasteiger partial charge in [0, 0.05) is 29.3 Å². The van der Waals surface area contributed by atoms with Gasteiger partial charge in [-0.05, 0) is 50.3 Å². The molecule has 0 radical (unpaired) electrons. The molecule has 6 atom stereocenters. The number of rotatable bonds is 4. The van der Waals surface area contributed by atoms with E-state index >= 15 is 0 Å². The molecular formula is C26H31NO6. The maximum absolute atomic E-state index is 13.1. The van der Waals surface area contributed by atoms with Crippen molar-refractivity contribution in [1.82, 2.24) is 4.98 Å². The molecule has 2 aliphatic carbocycles. The van der Waals surface area contributed by atoms with E-state index < -0.39 is 40.6 Å². The van der Waals surface area contributed by atoms with E-state index in [4.69, 9.17) is 9.47 Å². The van der Waals surface area contributed by atoms with Gasteiger partial charge < -0.3 is 19.7 Å². The Hall–Kier alpha value is -2.77. The van der Waals surface area contributed by atoms with Crippen LogP contribution in [-0.2, 0) is 14.3 Å². The summed E-state index contributed by atoms with van der Waals surface area (Å²) in [6, 6.07) is 3.24. The number of hydrogen-bond acceptors (Lipinski definition) is 7. The van der Waals surface area contributed by atoms with Crippen LogP contribution in [0.15, 0.2) is 60.0 Å². The van der Waals surface area contributed by atoms with Crippen LogP contribution in [0.4, 0.5) is 0 Å². The predicted molar refractivity (Wildman–Crippen MR) is 121 cm³/mol. The second-order valence-electron chi connectivity index (χ2n) is 9.87. The van der Waals surface area contributed by atoms with Crippen molar-refractivity contribution in [2.45, 2.75) is 58.3 Å². The van der Waals surface area contributed by atoms with E-state index in [2.05, 4.69) is 11.1 Å². The highest BCUT2D eigenvalue weighted by molar-refractivity contribution is 5.89. The quantitative estimate of drug-likeness (QED) is 0.533. The molecular weight excluding hydrogens is 422 g/mol. The zero-order valence-electron chi connectivity index (χ0n) is 19.4. The maximum atomic E-state index is 13.1. The number of carbonyl (C=O) groups is 2. The van der Waals surface area contributed by atoms with Crippen molar-refractivity contribution in [3.05, 3.63) is 65.5 Å². The van der Waals surface area contributed by atoms with Crippen LogP contribution >= 0.6 is 0 Å². The minimum atomic E-state index is -1.46. The lowest BCUT2D eigenvalue weighted by atomic mass is 9.44. The first kappa shape index (κ1) is 23.4. The van der Waals surface area contributed by atoms with E-state index in [0.29, 0.717) is 5.57 Å². The van der Waals surface area contributed by atoms with Crippen molar-refractivity contribution in [3.63, 3.8) is 0 Å². The standard InChI is InChI=1S/C26H31NO6/c1-16-7-5-9-19-24(2,11-10-17-13-20(28)32-15-17)26(4,22(30)21(29)25(16,19)3)33-23(31)18-8-6-12-27-14-18/h6-8,10-14,19,21-22,29-30H,5,9,15H2,1-4H3/b11-10+/t19-,21+,22+,24-,25+,26+/m1/s1. The Morgan fingerprint density at radius 3 is 2.67 bits per heavy atom. The van der Waals surface area contributed by atoms with Gasteiger partial charge in [0.15, 0.2) is 0 Å². The number of aliphatic hydroxyl groups is 2. The Morgan fingerprint density at radius 1 is 1.27 bits per heavy atom. The van der Waals surface area contributed by atoms with Gasteiger partial charge in [0.25, 0.3) is 0 Å². The Morgan fingerprint density at radius 2 is 2.03 bits per heavy atom. The predicted octanol–water partition coefficient (Wildman–Crippen LogP) is 3.14. The molecule has 1 aliphatic heterocycles. The van der Waals surface area contributed by atoms with Crippen LogP contribution in [0.2, 0.25) is 0 Å². The Bertz CT molecular complexity index is 1050. The molecule has 33 heavy (non-hydrogen) atoms. The van der Waals surface area contributed by atoms with E-state index in [9.17, 15) is 19.8 Å². The van der Waals surface area contributed by atoms with E-state index in [-0.39, 0.29) is 18.1 Å². The van der Waals surface area contributed by atoms with Crippen molar-refractivity contribution in [2.75, 3.05) is 6.61 Å². The monoisotopic (exact) mass is 453 g/mol. The lowest BCUT2D eigenvalue weighted by Gasteiger charge is -2.64. The van der Waals surface area contributed by atoms with Crippen molar-refractivity contribution in [3.8, 4) is 0 Å². The van der Waals surface area contributed by atoms with E-state index in [1.807, 2.05) is 26.8 Å². The van der Waals surface area contributed by atoms with Crippen molar-refractivity contribution < 1.29 is 29.3 Å². The topological polar surface area (TPSA) is 106 Å². The number of nitrogens with zero attached hydrogens (tertiary/aromatic N) is 1. The number of esters is 2. The highest BCUT2D eigenvalue weighted by atomic mass is 16.6. The number of fused-ring (bicyclic) bond motifs is 1. The van der Waals surface area contributed by atoms with Crippen molar-refractivity contribution in [1.29, 1.82) is 0 Å². The van der Waals surface area contributed by atoms with Gasteiger partial charge >= 0.3 is 11.9 Å². The third kappa shape index (κ3) is 3.54. The van der Waals surface area contributed by atoms with Crippen LogP contribution in [0.5, 0.6) is 0 Å². The summed E-state index contributed by atoms with van der Waals surface area (Å²) in [7, 11) is 0. The molecule has 7 nitrogen and oxygen atoms in total. The fraction of sp³-hybridized carbons (Fsp3) is 0.500. The molecule has 0 unspecified atom stereocenters. The molecule has 0 bridgehead atoms. The number of aliphatic hydroxyl groups excluding tert-OH is 2. The fourth-order valence-electron chi connectivity index (χ4n) is 5.87. The van der Waals surface area contributed by atoms with Crippen LogP contribution in [0, 0.1) is 16.7 Å². The molecule has 7 heteroatoms. The molecule has 1 aromatic rings. The molecule has 3 aliphatic rings. The molecule has 0 spiro atoms. The van der Waals surface area contributed by atoms with Crippen LogP contribution in [0.1, 0.15) is 50.9 Å². The summed E-state index contributed by atoms with van der Waals surface area (Å²) in [6.45, 7) is 7.74. The van der Waals surface area contributed by atoms with Crippen LogP contribution < -0.4 is 0 Å². The van der Waals surface area contributed by atoms with E-state index in [1.165, 1.54) is 12.3 Å². The third-order valence-electron chi connectivity index (χ3n) is 8.28.